The van der Waals surface area contributed by atoms with Crippen molar-refractivity contribution in [3.8, 4) is 11.1 Å². The SMILES string of the molecule is c1ccc(-c2ccc(Nc3cccc(N4CCSCC4)c3)cc2)cc1. The Labute approximate surface area is 153 Å². The lowest BCUT2D eigenvalue weighted by Gasteiger charge is -2.28. The van der Waals surface area contributed by atoms with Gasteiger partial charge in [0, 0.05) is 41.7 Å². The van der Waals surface area contributed by atoms with Gasteiger partial charge in [-0.2, -0.15) is 11.8 Å². The van der Waals surface area contributed by atoms with Crippen molar-refractivity contribution < 1.29 is 0 Å². The van der Waals surface area contributed by atoms with Gasteiger partial charge >= 0.3 is 0 Å². The molecule has 1 heterocycles. The highest BCUT2D eigenvalue weighted by Gasteiger charge is 2.11. The Kier molecular flexibility index (Phi) is 4.93. The predicted molar refractivity (Wildman–Crippen MR) is 111 cm³/mol. The Morgan fingerprint density at radius 3 is 2.16 bits per heavy atom. The van der Waals surface area contributed by atoms with Gasteiger partial charge in [0.25, 0.3) is 0 Å². The van der Waals surface area contributed by atoms with Crippen LogP contribution in [0.4, 0.5) is 17.1 Å². The van der Waals surface area contributed by atoms with E-state index in [0.29, 0.717) is 0 Å². The van der Waals surface area contributed by atoms with Crippen molar-refractivity contribution in [2.45, 2.75) is 0 Å². The Hall–Kier alpha value is -2.39. The van der Waals surface area contributed by atoms with E-state index in [1.165, 1.54) is 28.3 Å². The van der Waals surface area contributed by atoms with Crippen molar-refractivity contribution in [3.05, 3.63) is 78.9 Å². The molecule has 3 aromatic rings. The van der Waals surface area contributed by atoms with Crippen LogP contribution in [0.2, 0.25) is 0 Å². The number of thioether (sulfide) groups is 1. The van der Waals surface area contributed by atoms with Crippen LogP contribution >= 0.6 is 11.8 Å². The molecule has 1 fully saturated rings. The molecule has 1 aliphatic rings. The van der Waals surface area contributed by atoms with Crippen LogP contribution in [0.15, 0.2) is 78.9 Å². The van der Waals surface area contributed by atoms with Crippen LogP contribution in [-0.4, -0.2) is 24.6 Å². The van der Waals surface area contributed by atoms with E-state index in [1.807, 2.05) is 17.8 Å². The van der Waals surface area contributed by atoms with E-state index < -0.39 is 0 Å². The van der Waals surface area contributed by atoms with Gasteiger partial charge in [-0.3, -0.25) is 0 Å². The van der Waals surface area contributed by atoms with Gasteiger partial charge in [-0.1, -0.05) is 48.5 Å². The molecule has 4 rings (SSSR count). The summed E-state index contributed by atoms with van der Waals surface area (Å²) in [6.45, 7) is 2.28. The minimum atomic E-state index is 1.12. The molecule has 0 unspecified atom stereocenters. The number of hydrogen-bond acceptors (Lipinski definition) is 3. The van der Waals surface area contributed by atoms with Gasteiger partial charge in [0.2, 0.25) is 0 Å². The van der Waals surface area contributed by atoms with Gasteiger partial charge in [-0.15, -0.1) is 0 Å². The van der Waals surface area contributed by atoms with Gasteiger partial charge in [0.1, 0.15) is 0 Å². The second kappa shape index (κ2) is 7.66. The first-order valence-corrected chi connectivity index (χ1v) is 9.89. The summed E-state index contributed by atoms with van der Waals surface area (Å²) in [4.78, 5) is 2.47. The zero-order valence-corrected chi connectivity index (χ0v) is 15.0. The fraction of sp³-hybridized carbons (Fsp3) is 0.182. The van der Waals surface area contributed by atoms with Crippen LogP contribution in [0, 0.1) is 0 Å². The van der Waals surface area contributed by atoms with Crippen LogP contribution in [-0.2, 0) is 0 Å². The Morgan fingerprint density at radius 2 is 1.40 bits per heavy atom. The Balaban J connectivity index is 1.48. The van der Waals surface area contributed by atoms with E-state index >= 15 is 0 Å². The first kappa shape index (κ1) is 16.1. The van der Waals surface area contributed by atoms with E-state index in [0.717, 1.165) is 24.5 Å². The van der Waals surface area contributed by atoms with Gasteiger partial charge in [0.15, 0.2) is 0 Å². The maximum Gasteiger partial charge on any atom is 0.0405 e. The summed E-state index contributed by atoms with van der Waals surface area (Å²) in [5.41, 5.74) is 6.06. The number of rotatable bonds is 4. The highest BCUT2D eigenvalue weighted by molar-refractivity contribution is 7.99. The monoisotopic (exact) mass is 346 g/mol. The fourth-order valence-electron chi connectivity index (χ4n) is 3.15. The summed E-state index contributed by atoms with van der Waals surface area (Å²) in [6, 6.07) is 27.8. The topological polar surface area (TPSA) is 15.3 Å². The summed E-state index contributed by atoms with van der Waals surface area (Å²) in [7, 11) is 0. The zero-order valence-electron chi connectivity index (χ0n) is 14.2. The van der Waals surface area contributed by atoms with E-state index in [-0.39, 0.29) is 0 Å². The number of hydrogen-bond donors (Lipinski definition) is 1. The smallest absolute Gasteiger partial charge is 0.0405 e. The maximum absolute atomic E-state index is 3.53. The molecule has 1 N–H and O–H groups in total. The average Bonchev–Trinajstić information content (AvgIpc) is 2.70. The molecule has 0 radical (unpaired) electrons. The van der Waals surface area contributed by atoms with E-state index in [2.05, 4.69) is 83.0 Å². The molecule has 1 aliphatic heterocycles. The largest absolute Gasteiger partial charge is 0.370 e. The number of nitrogens with one attached hydrogen (secondary N) is 1. The first-order valence-electron chi connectivity index (χ1n) is 8.74. The molecule has 3 aromatic carbocycles. The normalized spacial score (nSPS) is 14.3. The third-order valence-corrected chi connectivity index (χ3v) is 5.45. The van der Waals surface area contributed by atoms with Crippen LogP contribution < -0.4 is 10.2 Å². The van der Waals surface area contributed by atoms with Gasteiger partial charge in [-0.05, 0) is 41.5 Å². The van der Waals surface area contributed by atoms with Gasteiger partial charge in [0.05, 0.1) is 0 Å². The van der Waals surface area contributed by atoms with Crippen LogP contribution in [0.25, 0.3) is 11.1 Å². The van der Waals surface area contributed by atoms with Crippen molar-refractivity contribution in [2.75, 3.05) is 34.8 Å². The van der Waals surface area contributed by atoms with Crippen molar-refractivity contribution in [3.63, 3.8) is 0 Å². The molecule has 0 aliphatic carbocycles. The lowest BCUT2D eigenvalue weighted by Crippen LogP contribution is -2.32. The van der Waals surface area contributed by atoms with Gasteiger partial charge in [-0.25, -0.2) is 0 Å². The summed E-state index contributed by atoms with van der Waals surface area (Å²) in [5, 5.41) is 3.53. The quantitative estimate of drug-likeness (QED) is 0.657. The molecule has 126 valence electrons. The highest BCUT2D eigenvalue weighted by atomic mass is 32.2. The van der Waals surface area contributed by atoms with E-state index in [1.54, 1.807) is 0 Å². The molecule has 0 bridgehead atoms. The lowest BCUT2D eigenvalue weighted by molar-refractivity contribution is 0.859. The maximum atomic E-state index is 3.53. The molecular formula is C22H22N2S. The van der Waals surface area contributed by atoms with E-state index in [9.17, 15) is 0 Å². The summed E-state index contributed by atoms with van der Waals surface area (Å²) in [5.74, 6) is 2.44. The van der Waals surface area contributed by atoms with Crippen molar-refractivity contribution in [1.82, 2.24) is 0 Å². The molecule has 0 saturated carbocycles. The van der Waals surface area contributed by atoms with Crippen molar-refractivity contribution in [2.24, 2.45) is 0 Å². The summed E-state index contributed by atoms with van der Waals surface area (Å²) < 4.78 is 0. The minimum absolute atomic E-state index is 1.12. The van der Waals surface area contributed by atoms with Crippen molar-refractivity contribution in [1.29, 1.82) is 0 Å². The third-order valence-electron chi connectivity index (χ3n) is 4.50. The molecule has 3 heteroatoms. The van der Waals surface area contributed by atoms with Crippen LogP contribution in [0.5, 0.6) is 0 Å². The number of nitrogens with zero attached hydrogens (tertiary/aromatic N) is 1. The Bertz CT molecular complexity index is 809. The predicted octanol–water partition coefficient (Wildman–Crippen LogP) is 5.65. The van der Waals surface area contributed by atoms with Gasteiger partial charge < -0.3 is 10.2 Å². The second-order valence-corrected chi connectivity index (χ2v) is 7.44. The summed E-state index contributed by atoms with van der Waals surface area (Å²) in [6.07, 6.45) is 0. The number of anilines is 3. The first-order chi connectivity index (χ1) is 12.4. The highest BCUT2D eigenvalue weighted by Crippen LogP contribution is 2.26. The molecule has 2 nitrogen and oxygen atoms in total. The van der Waals surface area contributed by atoms with Crippen LogP contribution in [0.3, 0.4) is 0 Å². The summed E-state index contributed by atoms with van der Waals surface area (Å²) >= 11 is 2.04. The number of benzene rings is 3. The minimum Gasteiger partial charge on any atom is -0.370 e. The molecule has 0 spiro atoms. The molecule has 25 heavy (non-hydrogen) atoms. The van der Waals surface area contributed by atoms with Crippen molar-refractivity contribution >= 4 is 28.8 Å². The molecular weight excluding hydrogens is 324 g/mol. The average molecular weight is 346 g/mol. The Morgan fingerprint density at radius 1 is 0.680 bits per heavy atom. The zero-order chi connectivity index (χ0) is 16.9. The lowest BCUT2D eigenvalue weighted by atomic mass is 10.1. The molecule has 0 atom stereocenters. The second-order valence-electron chi connectivity index (χ2n) is 6.22. The molecule has 0 amide bonds. The standard InChI is InChI=1S/C22H22N2S/c1-2-5-18(6-3-1)19-9-11-20(12-10-19)23-21-7-4-8-22(17-21)24-13-15-25-16-14-24/h1-12,17,23H,13-16H2. The fourth-order valence-corrected chi connectivity index (χ4v) is 4.05. The van der Waals surface area contributed by atoms with E-state index in [4.69, 9.17) is 0 Å². The third kappa shape index (κ3) is 3.99. The van der Waals surface area contributed by atoms with Crippen LogP contribution in [0.1, 0.15) is 0 Å². The molecule has 0 aromatic heterocycles. The molecule has 1 saturated heterocycles.